The number of nitriles is 1. The van der Waals surface area contributed by atoms with Crippen molar-refractivity contribution in [1.29, 1.82) is 5.26 Å². The molecular weight excluding hydrogens is 274 g/mol. The van der Waals surface area contributed by atoms with Crippen LogP contribution in [-0.2, 0) is 9.84 Å². The van der Waals surface area contributed by atoms with E-state index >= 15 is 0 Å². The predicted octanol–water partition coefficient (Wildman–Crippen LogP) is 3.06. The number of sulfone groups is 1. The van der Waals surface area contributed by atoms with E-state index in [4.69, 9.17) is 10.00 Å². The second kappa shape index (κ2) is 5.35. The van der Waals surface area contributed by atoms with Gasteiger partial charge in [-0.25, -0.2) is 8.42 Å². The van der Waals surface area contributed by atoms with Crippen LogP contribution in [0.1, 0.15) is 11.1 Å². The van der Waals surface area contributed by atoms with Crippen molar-refractivity contribution in [2.45, 2.75) is 11.8 Å². The Labute approximate surface area is 118 Å². The van der Waals surface area contributed by atoms with Crippen LogP contribution in [0.5, 0.6) is 11.5 Å². The highest BCUT2D eigenvalue weighted by Gasteiger charge is 2.08. The van der Waals surface area contributed by atoms with Gasteiger partial charge in [0.2, 0.25) is 0 Å². The zero-order valence-corrected chi connectivity index (χ0v) is 11.9. The minimum Gasteiger partial charge on any atom is -0.456 e. The van der Waals surface area contributed by atoms with Gasteiger partial charge >= 0.3 is 0 Å². The van der Waals surface area contributed by atoms with Gasteiger partial charge in [0.25, 0.3) is 0 Å². The van der Waals surface area contributed by atoms with Crippen molar-refractivity contribution >= 4 is 9.84 Å². The first-order valence-corrected chi connectivity index (χ1v) is 7.78. The van der Waals surface area contributed by atoms with E-state index in [9.17, 15) is 8.42 Å². The Morgan fingerprint density at radius 3 is 2.30 bits per heavy atom. The van der Waals surface area contributed by atoms with E-state index in [1.54, 1.807) is 24.3 Å². The van der Waals surface area contributed by atoms with Gasteiger partial charge in [0.15, 0.2) is 9.84 Å². The lowest BCUT2D eigenvalue weighted by atomic mass is 10.1. The molecule has 0 bridgehead atoms. The van der Waals surface area contributed by atoms with Gasteiger partial charge in [-0.3, -0.25) is 0 Å². The summed E-state index contributed by atoms with van der Waals surface area (Å²) in [7, 11) is -3.22. The third-order valence-electron chi connectivity index (χ3n) is 2.74. The summed E-state index contributed by atoms with van der Waals surface area (Å²) in [6.07, 6.45) is 1.15. The van der Waals surface area contributed by atoms with Gasteiger partial charge in [-0.1, -0.05) is 6.07 Å². The first kappa shape index (κ1) is 14.1. The number of nitrogens with zero attached hydrogens (tertiary/aromatic N) is 1. The quantitative estimate of drug-likeness (QED) is 0.870. The van der Waals surface area contributed by atoms with Crippen molar-refractivity contribution in [2.75, 3.05) is 6.26 Å². The van der Waals surface area contributed by atoms with Crippen LogP contribution in [0.3, 0.4) is 0 Å². The molecule has 2 aromatic rings. The molecule has 0 fully saturated rings. The minimum absolute atomic E-state index is 0.231. The molecule has 0 saturated heterocycles. The van der Waals surface area contributed by atoms with Gasteiger partial charge in [0, 0.05) is 6.26 Å². The lowest BCUT2D eigenvalue weighted by molar-refractivity contribution is 0.480. The summed E-state index contributed by atoms with van der Waals surface area (Å²) in [6, 6.07) is 13.4. The Kier molecular flexibility index (Phi) is 3.77. The van der Waals surface area contributed by atoms with Crippen LogP contribution >= 0.6 is 0 Å². The van der Waals surface area contributed by atoms with E-state index < -0.39 is 9.84 Å². The smallest absolute Gasteiger partial charge is 0.175 e. The first-order chi connectivity index (χ1) is 9.40. The molecule has 0 aromatic heterocycles. The van der Waals surface area contributed by atoms with Gasteiger partial charge in [-0.05, 0) is 48.9 Å². The molecule has 0 heterocycles. The molecule has 20 heavy (non-hydrogen) atoms. The number of hydrogen-bond donors (Lipinski definition) is 0. The Morgan fingerprint density at radius 1 is 1.10 bits per heavy atom. The second-order valence-corrected chi connectivity index (χ2v) is 6.47. The van der Waals surface area contributed by atoms with Crippen LogP contribution in [0, 0.1) is 18.3 Å². The van der Waals surface area contributed by atoms with Crippen LogP contribution < -0.4 is 4.74 Å². The standard InChI is InChI=1S/C15H13NO3S/c1-11-3-4-12(10-16)15(9-11)19-13-5-7-14(8-6-13)20(2,17)18/h3-9H,1-2H3. The van der Waals surface area contributed by atoms with E-state index in [-0.39, 0.29) is 4.90 Å². The Bertz CT molecular complexity index is 772. The molecule has 0 saturated carbocycles. The molecule has 0 unspecified atom stereocenters. The average molecular weight is 287 g/mol. The highest BCUT2D eigenvalue weighted by atomic mass is 32.2. The molecule has 102 valence electrons. The van der Waals surface area contributed by atoms with E-state index in [1.807, 2.05) is 13.0 Å². The predicted molar refractivity (Wildman–Crippen MR) is 75.5 cm³/mol. The number of aryl methyl sites for hydroxylation is 1. The monoisotopic (exact) mass is 287 g/mol. The second-order valence-electron chi connectivity index (χ2n) is 4.46. The van der Waals surface area contributed by atoms with Crippen molar-refractivity contribution in [3.63, 3.8) is 0 Å². The van der Waals surface area contributed by atoms with Crippen molar-refractivity contribution < 1.29 is 13.2 Å². The molecular formula is C15H13NO3S. The molecule has 0 amide bonds. The summed E-state index contributed by atoms with van der Waals surface area (Å²) in [4.78, 5) is 0.231. The third-order valence-corrected chi connectivity index (χ3v) is 3.87. The van der Waals surface area contributed by atoms with Gasteiger partial charge < -0.3 is 4.74 Å². The molecule has 4 nitrogen and oxygen atoms in total. The molecule has 0 aliphatic carbocycles. The van der Waals surface area contributed by atoms with E-state index in [0.717, 1.165) is 11.8 Å². The van der Waals surface area contributed by atoms with Crippen LogP contribution in [0.15, 0.2) is 47.4 Å². The highest BCUT2D eigenvalue weighted by Crippen LogP contribution is 2.26. The van der Waals surface area contributed by atoms with Crippen molar-refractivity contribution in [2.24, 2.45) is 0 Å². The summed E-state index contributed by atoms with van der Waals surface area (Å²) in [5.41, 5.74) is 1.41. The third kappa shape index (κ3) is 3.16. The van der Waals surface area contributed by atoms with Gasteiger partial charge in [-0.2, -0.15) is 5.26 Å². The molecule has 0 spiro atoms. The molecule has 0 atom stereocenters. The fourth-order valence-corrected chi connectivity index (χ4v) is 2.32. The van der Waals surface area contributed by atoms with E-state index in [2.05, 4.69) is 6.07 Å². The van der Waals surface area contributed by atoms with Crippen LogP contribution in [0.2, 0.25) is 0 Å². The fourth-order valence-electron chi connectivity index (χ4n) is 1.69. The largest absolute Gasteiger partial charge is 0.456 e. The number of benzene rings is 2. The van der Waals surface area contributed by atoms with Gasteiger partial charge in [0.1, 0.15) is 17.6 Å². The van der Waals surface area contributed by atoms with Gasteiger partial charge in [-0.15, -0.1) is 0 Å². The molecule has 2 aromatic carbocycles. The van der Waals surface area contributed by atoms with Crippen LogP contribution in [0.4, 0.5) is 0 Å². The van der Waals surface area contributed by atoms with Crippen molar-refractivity contribution in [3.05, 3.63) is 53.6 Å². The zero-order valence-electron chi connectivity index (χ0n) is 11.1. The summed E-state index contributed by atoms with van der Waals surface area (Å²) >= 11 is 0. The summed E-state index contributed by atoms with van der Waals surface area (Å²) < 4.78 is 28.4. The molecule has 0 radical (unpaired) electrons. The summed E-state index contributed by atoms with van der Waals surface area (Å²) in [5.74, 6) is 0.944. The normalized spacial score (nSPS) is 10.8. The lowest BCUT2D eigenvalue weighted by Gasteiger charge is -2.08. The molecule has 0 N–H and O–H groups in total. The maximum absolute atomic E-state index is 11.4. The first-order valence-electron chi connectivity index (χ1n) is 5.89. The number of hydrogen-bond acceptors (Lipinski definition) is 4. The van der Waals surface area contributed by atoms with Crippen LogP contribution in [-0.4, -0.2) is 14.7 Å². The minimum atomic E-state index is -3.22. The summed E-state index contributed by atoms with van der Waals surface area (Å²) in [6.45, 7) is 1.90. The fraction of sp³-hybridized carbons (Fsp3) is 0.133. The average Bonchev–Trinajstić information content (AvgIpc) is 2.38. The molecule has 5 heteroatoms. The molecule has 2 rings (SSSR count). The highest BCUT2D eigenvalue weighted by molar-refractivity contribution is 7.90. The number of ether oxygens (including phenoxy) is 1. The number of rotatable bonds is 3. The maximum Gasteiger partial charge on any atom is 0.175 e. The summed E-state index contributed by atoms with van der Waals surface area (Å²) in [5, 5.41) is 9.03. The van der Waals surface area contributed by atoms with Crippen molar-refractivity contribution in [3.8, 4) is 17.6 Å². The maximum atomic E-state index is 11.4. The topological polar surface area (TPSA) is 67.2 Å². The molecule has 0 aliphatic heterocycles. The zero-order chi connectivity index (χ0) is 14.8. The van der Waals surface area contributed by atoms with Gasteiger partial charge in [0.05, 0.1) is 10.5 Å². The van der Waals surface area contributed by atoms with Crippen molar-refractivity contribution in [1.82, 2.24) is 0 Å². The van der Waals surface area contributed by atoms with E-state index in [0.29, 0.717) is 17.1 Å². The lowest BCUT2D eigenvalue weighted by Crippen LogP contribution is -1.96. The Hall–Kier alpha value is -2.32. The Balaban J connectivity index is 2.32. The SMILES string of the molecule is Cc1ccc(C#N)c(Oc2ccc(S(C)(=O)=O)cc2)c1. The molecule has 0 aliphatic rings. The Morgan fingerprint density at radius 2 is 1.75 bits per heavy atom. The van der Waals surface area contributed by atoms with E-state index in [1.165, 1.54) is 12.1 Å². The van der Waals surface area contributed by atoms with Crippen LogP contribution in [0.25, 0.3) is 0 Å².